The number of Topliss-reactive ketones (excluding diaryl/α,β-unsaturated/α-hetero) is 1. The minimum Gasteiger partial charge on any atom is -0.316 e. The van der Waals surface area contributed by atoms with Crippen LogP contribution in [0.15, 0.2) is 18.2 Å². The zero-order valence-corrected chi connectivity index (χ0v) is 9.34. The number of nitrogens with one attached hydrogen (secondary N) is 1. The molecule has 0 spiro atoms. The fourth-order valence-electron chi connectivity index (χ4n) is 2.01. The lowest BCUT2D eigenvalue weighted by Crippen LogP contribution is -2.18. The van der Waals surface area contributed by atoms with Crippen molar-refractivity contribution in [1.82, 2.24) is 5.32 Å². The second kappa shape index (κ2) is 4.15. The van der Waals surface area contributed by atoms with Gasteiger partial charge in [-0.3, -0.25) is 4.79 Å². The van der Waals surface area contributed by atoms with Gasteiger partial charge < -0.3 is 5.32 Å². The summed E-state index contributed by atoms with van der Waals surface area (Å²) in [5.41, 5.74) is 3.31. The van der Waals surface area contributed by atoms with Gasteiger partial charge >= 0.3 is 0 Å². The molecule has 0 amide bonds. The molecule has 2 heteroatoms. The van der Waals surface area contributed by atoms with Crippen molar-refractivity contribution in [3.8, 4) is 0 Å². The summed E-state index contributed by atoms with van der Waals surface area (Å²) in [4.78, 5) is 12.1. The predicted octanol–water partition coefficient (Wildman–Crippen LogP) is 2.10. The van der Waals surface area contributed by atoms with Gasteiger partial charge in [-0.15, -0.1) is 0 Å². The molecule has 1 aromatic carbocycles. The van der Waals surface area contributed by atoms with Crippen molar-refractivity contribution in [3.05, 3.63) is 34.9 Å². The highest BCUT2D eigenvalue weighted by atomic mass is 16.1. The topological polar surface area (TPSA) is 29.1 Å². The average molecular weight is 203 g/mol. The van der Waals surface area contributed by atoms with Gasteiger partial charge in [-0.1, -0.05) is 12.1 Å². The van der Waals surface area contributed by atoms with E-state index in [1.165, 1.54) is 11.1 Å². The van der Waals surface area contributed by atoms with Crippen molar-refractivity contribution in [2.45, 2.75) is 20.3 Å². The molecule has 1 heterocycles. The zero-order valence-electron chi connectivity index (χ0n) is 9.34. The zero-order chi connectivity index (χ0) is 10.8. The van der Waals surface area contributed by atoms with Crippen molar-refractivity contribution >= 4 is 5.78 Å². The van der Waals surface area contributed by atoms with Gasteiger partial charge in [-0.05, 0) is 44.0 Å². The summed E-state index contributed by atoms with van der Waals surface area (Å²) in [6, 6.07) is 5.99. The Bertz CT molecular complexity index is 378. The summed E-state index contributed by atoms with van der Waals surface area (Å²) < 4.78 is 0. The van der Waals surface area contributed by atoms with Crippen molar-refractivity contribution in [3.63, 3.8) is 0 Å². The molecule has 0 saturated carbocycles. The highest BCUT2D eigenvalue weighted by molar-refractivity contribution is 5.98. The number of benzene rings is 1. The first-order chi connectivity index (χ1) is 7.18. The van der Waals surface area contributed by atoms with Crippen molar-refractivity contribution in [2.24, 2.45) is 5.92 Å². The second-order valence-corrected chi connectivity index (χ2v) is 4.35. The molecule has 0 aliphatic carbocycles. The van der Waals surface area contributed by atoms with Crippen LogP contribution in [0.4, 0.5) is 0 Å². The molecule has 1 fully saturated rings. The first kappa shape index (κ1) is 10.4. The smallest absolute Gasteiger partial charge is 0.167 e. The van der Waals surface area contributed by atoms with E-state index in [1.54, 1.807) is 0 Å². The number of ketones is 1. The van der Waals surface area contributed by atoms with Crippen molar-refractivity contribution in [1.29, 1.82) is 0 Å². The standard InChI is InChI=1S/C13H17NO/c1-9-3-4-11(7-10(9)2)13(15)12-5-6-14-8-12/h3-4,7,12,14H,5-6,8H2,1-2H3. The Kier molecular flexibility index (Phi) is 2.87. The Balaban J connectivity index is 2.21. The van der Waals surface area contributed by atoms with Crippen LogP contribution in [0.1, 0.15) is 27.9 Å². The van der Waals surface area contributed by atoms with Crippen molar-refractivity contribution in [2.75, 3.05) is 13.1 Å². The molecule has 0 radical (unpaired) electrons. The average Bonchev–Trinajstić information content (AvgIpc) is 2.74. The lowest BCUT2D eigenvalue weighted by atomic mass is 9.95. The van der Waals surface area contributed by atoms with Gasteiger partial charge in [0, 0.05) is 18.0 Å². The Labute approximate surface area is 90.7 Å². The Morgan fingerprint density at radius 2 is 2.13 bits per heavy atom. The van der Waals surface area contributed by atoms with E-state index in [0.29, 0.717) is 5.78 Å². The molecule has 0 aromatic heterocycles. The molecule has 1 aromatic rings. The highest BCUT2D eigenvalue weighted by Gasteiger charge is 2.23. The molecular weight excluding hydrogens is 186 g/mol. The SMILES string of the molecule is Cc1ccc(C(=O)C2CCNC2)cc1C. The number of carbonyl (C=O) groups is 1. The van der Waals surface area contributed by atoms with E-state index in [4.69, 9.17) is 0 Å². The third kappa shape index (κ3) is 2.10. The van der Waals surface area contributed by atoms with Crippen LogP contribution in [0.3, 0.4) is 0 Å². The number of hydrogen-bond donors (Lipinski definition) is 1. The van der Waals surface area contributed by atoms with Gasteiger partial charge in [0.05, 0.1) is 0 Å². The maximum Gasteiger partial charge on any atom is 0.167 e. The molecule has 15 heavy (non-hydrogen) atoms. The van der Waals surface area contributed by atoms with Crippen LogP contribution < -0.4 is 5.32 Å². The summed E-state index contributed by atoms with van der Waals surface area (Å²) in [5, 5.41) is 3.23. The van der Waals surface area contributed by atoms with Crippen LogP contribution in [0, 0.1) is 19.8 Å². The number of aryl methyl sites for hydroxylation is 2. The van der Waals surface area contributed by atoms with E-state index >= 15 is 0 Å². The van der Waals surface area contributed by atoms with Crippen LogP contribution in [-0.2, 0) is 0 Å². The minimum atomic E-state index is 0.187. The summed E-state index contributed by atoms with van der Waals surface area (Å²) in [7, 11) is 0. The van der Waals surface area contributed by atoms with Gasteiger partial charge in [-0.25, -0.2) is 0 Å². The van der Waals surface area contributed by atoms with Gasteiger partial charge in [0.2, 0.25) is 0 Å². The van der Waals surface area contributed by atoms with E-state index < -0.39 is 0 Å². The van der Waals surface area contributed by atoms with Crippen molar-refractivity contribution < 1.29 is 4.79 Å². The second-order valence-electron chi connectivity index (χ2n) is 4.35. The van der Waals surface area contributed by atoms with Crippen LogP contribution in [0.25, 0.3) is 0 Å². The summed E-state index contributed by atoms with van der Waals surface area (Å²) in [5.74, 6) is 0.482. The maximum absolute atomic E-state index is 12.1. The number of hydrogen-bond acceptors (Lipinski definition) is 2. The fraction of sp³-hybridized carbons (Fsp3) is 0.462. The molecule has 1 aliphatic rings. The molecule has 0 bridgehead atoms. The molecule has 80 valence electrons. The van der Waals surface area contributed by atoms with Crippen LogP contribution in [0.2, 0.25) is 0 Å². The quantitative estimate of drug-likeness (QED) is 0.746. The lowest BCUT2D eigenvalue weighted by Gasteiger charge is -2.08. The molecular formula is C13H17NO. The van der Waals surface area contributed by atoms with E-state index in [0.717, 1.165) is 25.1 Å². The normalized spacial score (nSPS) is 20.5. The first-order valence-electron chi connectivity index (χ1n) is 5.50. The monoisotopic (exact) mass is 203 g/mol. The maximum atomic E-state index is 12.1. The van der Waals surface area contributed by atoms with Gasteiger partial charge in [0.1, 0.15) is 0 Å². The Hall–Kier alpha value is -1.15. The number of carbonyl (C=O) groups excluding carboxylic acids is 1. The summed E-state index contributed by atoms with van der Waals surface area (Å²) in [6.45, 7) is 5.94. The third-order valence-electron chi connectivity index (χ3n) is 3.22. The largest absolute Gasteiger partial charge is 0.316 e. The predicted molar refractivity (Wildman–Crippen MR) is 61.2 cm³/mol. The summed E-state index contributed by atoms with van der Waals surface area (Å²) in [6.07, 6.45) is 0.978. The van der Waals surface area contributed by atoms with Gasteiger partial charge in [0.25, 0.3) is 0 Å². The number of rotatable bonds is 2. The van der Waals surface area contributed by atoms with Crippen LogP contribution in [-0.4, -0.2) is 18.9 Å². The highest BCUT2D eigenvalue weighted by Crippen LogP contribution is 2.17. The van der Waals surface area contributed by atoms with E-state index in [-0.39, 0.29) is 5.92 Å². The molecule has 1 atom stereocenters. The van der Waals surface area contributed by atoms with Gasteiger partial charge in [0.15, 0.2) is 5.78 Å². The molecule has 1 unspecified atom stereocenters. The fourth-order valence-corrected chi connectivity index (χ4v) is 2.01. The van der Waals surface area contributed by atoms with Gasteiger partial charge in [-0.2, -0.15) is 0 Å². The van der Waals surface area contributed by atoms with Crippen LogP contribution >= 0.6 is 0 Å². The molecule has 1 aliphatic heterocycles. The molecule has 1 saturated heterocycles. The third-order valence-corrected chi connectivity index (χ3v) is 3.22. The Morgan fingerprint density at radius 3 is 2.73 bits per heavy atom. The van der Waals surface area contributed by atoms with E-state index in [1.807, 2.05) is 18.2 Å². The van der Waals surface area contributed by atoms with Crippen LogP contribution in [0.5, 0.6) is 0 Å². The Morgan fingerprint density at radius 1 is 1.33 bits per heavy atom. The molecule has 2 rings (SSSR count). The lowest BCUT2D eigenvalue weighted by molar-refractivity contribution is 0.0930. The van der Waals surface area contributed by atoms with E-state index in [2.05, 4.69) is 19.2 Å². The molecule has 1 N–H and O–H groups in total. The summed E-state index contributed by atoms with van der Waals surface area (Å²) >= 11 is 0. The van der Waals surface area contributed by atoms with E-state index in [9.17, 15) is 4.79 Å². The first-order valence-corrected chi connectivity index (χ1v) is 5.50. The molecule has 2 nitrogen and oxygen atoms in total. The minimum absolute atomic E-state index is 0.187.